The zero-order valence-electron chi connectivity index (χ0n) is 19.5. The summed E-state index contributed by atoms with van der Waals surface area (Å²) in [5.41, 5.74) is 2.21. The molecular weight excluding hydrogens is 491 g/mol. The van der Waals surface area contributed by atoms with E-state index in [1.807, 2.05) is 49.5 Å². The van der Waals surface area contributed by atoms with Crippen molar-refractivity contribution in [3.05, 3.63) is 95.6 Å². The summed E-state index contributed by atoms with van der Waals surface area (Å²) in [6.07, 6.45) is 1.60. The normalized spacial score (nSPS) is 18.5. The number of benzene rings is 3. The molecule has 2 unspecified atom stereocenters. The first-order valence-electron chi connectivity index (χ1n) is 11.0. The summed E-state index contributed by atoms with van der Waals surface area (Å²) in [6, 6.07) is 26.5. The van der Waals surface area contributed by atoms with Gasteiger partial charge in [0.2, 0.25) is 0 Å². The van der Waals surface area contributed by atoms with Gasteiger partial charge in [-0.1, -0.05) is 54.6 Å². The van der Waals surface area contributed by atoms with E-state index in [-0.39, 0.29) is 51.6 Å². The van der Waals surface area contributed by atoms with Crippen LogP contribution in [0.3, 0.4) is 0 Å². The number of hydrogen-bond donors (Lipinski definition) is 1. The minimum absolute atomic E-state index is 0. The molecule has 1 fully saturated rings. The second-order valence-corrected chi connectivity index (χ2v) is 8.16. The van der Waals surface area contributed by atoms with E-state index in [9.17, 15) is 5.11 Å². The molecule has 0 saturated carbocycles. The van der Waals surface area contributed by atoms with E-state index in [2.05, 4.69) is 41.3 Å². The van der Waals surface area contributed by atoms with Crippen LogP contribution in [0.4, 0.5) is 0 Å². The Balaban J connectivity index is 0.00000306. The van der Waals surface area contributed by atoms with Gasteiger partial charge in [-0.15, -0.1) is 0 Å². The van der Waals surface area contributed by atoms with E-state index in [1.54, 1.807) is 14.2 Å². The Morgan fingerprint density at radius 3 is 1.70 bits per heavy atom. The van der Waals surface area contributed by atoms with Gasteiger partial charge in [0, 0.05) is 38.8 Å². The van der Waals surface area contributed by atoms with E-state index >= 15 is 0 Å². The Hall–Kier alpha value is -1.76. The number of aliphatic hydroxyl groups excluding tert-OH is 1. The first kappa shape index (κ1) is 25.9. The maximum absolute atomic E-state index is 9.79. The van der Waals surface area contributed by atoms with Crippen LogP contribution in [0.2, 0.25) is 0 Å². The molecule has 1 aliphatic rings. The summed E-state index contributed by atoms with van der Waals surface area (Å²) in [6.45, 7) is 0.125. The smallest absolute Gasteiger partial charge is 0.145 e. The van der Waals surface area contributed by atoms with E-state index < -0.39 is 5.60 Å². The van der Waals surface area contributed by atoms with Crippen LogP contribution in [0.5, 0.6) is 11.5 Å². The summed E-state index contributed by atoms with van der Waals surface area (Å²) < 4.78 is 17.9. The van der Waals surface area contributed by atoms with Crippen molar-refractivity contribution >= 4 is 0 Å². The van der Waals surface area contributed by atoms with Crippen LogP contribution >= 0.6 is 0 Å². The van der Waals surface area contributed by atoms with Gasteiger partial charge in [0.1, 0.15) is 23.3 Å². The van der Waals surface area contributed by atoms with Crippen molar-refractivity contribution in [2.45, 2.75) is 30.7 Å². The minimum atomic E-state index is -0.844. The van der Waals surface area contributed by atoms with Crippen molar-refractivity contribution in [3.63, 3.8) is 0 Å². The van der Waals surface area contributed by atoms with Crippen LogP contribution in [0, 0.1) is 0 Å². The topological polar surface area (TPSA) is 51.2 Å². The van der Waals surface area contributed by atoms with Gasteiger partial charge in [0.25, 0.3) is 0 Å². The third kappa shape index (κ3) is 5.18. The van der Waals surface area contributed by atoms with Crippen LogP contribution < -0.4 is 9.47 Å². The maximum atomic E-state index is 9.79. The number of rotatable bonds is 8. The maximum Gasteiger partial charge on any atom is 0.145 e. The SMILES string of the molecule is COc1ccc(C(OC2CCC(CO)N2C)(c2ccccc2)c2ccc(OC)cc2)cc1.[Y]. The molecule has 0 amide bonds. The summed E-state index contributed by atoms with van der Waals surface area (Å²) >= 11 is 0. The molecule has 1 radical (unpaired) electrons. The van der Waals surface area contributed by atoms with E-state index in [0.29, 0.717) is 0 Å². The molecule has 1 saturated heterocycles. The fraction of sp³-hybridized carbons (Fsp3) is 0.333. The predicted molar refractivity (Wildman–Crippen MR) is 125 cm³/mol. The van der Waals surface area contributed by atoms with E-state index in [4.69, 9.17) is 14.2 Å². The monoisotopic (exact) mass is 522 g/mol. The average molecular weight is 522 g/mol. The molecule has 0 bridgehead atoms. The van der Waals surface area contributed by atoms with Gasteiger partial charge in [-0.2, -0.15) is 0 Å². The van der Waals surface area contributed by atoms with Gasteiger partial charge in [-0.05, 0) is 60.8 Å². The van der Waals surface area contributed by atoms with Gasteiger partial charge < -0.3 is 19.3 Å². The van der Waals surface area contributed by atoms with Crippen LogP contribution in [0.15, 0.2) is 78.9 Å². The zero-order valence-corrected chi connectivity index (χ0v) is 22.3. The molecule has 33 heavy (non-hydrogen) atoms. The van der Waals surface area contributed by atoms with Crippen molar-refractivity contribution in [2.75, 3.05) is 27.9 Å². The van der Waals surface area contributed by atoms with Crippen LogP contribution in [0.25, 0.3) is 0 Å². The van der Waals surface area contributed by atoms with Gasteiger partial charge in [-0.25, -0.2) is 0 Å². The number of likely N-dealkylation sites (tertiary alicyclic amines) is 1. The molecule has 0 aromatic heterocycles. The first-order chi connectivity index (χ1) is 15.6. The zero-order chi connectivity index (χ0) is 22.6. The summed E-state index contributed by atoms with van der Waals surface area (Å²) in [7, 11) is 5.36. The van der Waals surface area contributed by atoms with Gasteiger partial charge in [-0.3, -0.25) is 4.90 Å². The average Bonchev–Trinajstić information content (AvgIpc) is 3.22. The Morgan fingerprint density at radius 1 is 0.788 bits per heavy atom. The molecule has 171 valence electrons. The van der Waals surface area contributed by atoms with Gasteiger partial charge in [0.15, 0.2) is 0 Å². The fourth-order valence-electron chi connectivity index (χ4n) is 4.57. The number of aliphatic hydroxyl groups is 1. The molecule has 3 aromatic carbocycles. The van der Waals surface area contributed by atoms with Crippen molar-refractivity contribution in [1.82, 2.24) is 4.90 Å². The van der Waals surface area contributed by atoms with E-state index in [0.717, 1.165) is 41.0 Å². The molecule has 1 N–H and O–H groups in total. The molecule has 1 aliphatic heterocycles. The summed E-state index contributed by atoms with van der Waals surface area (Å²) in [5, 5.41) is 9.79. The Labute approximate surface area is 221 Å². The Kier molecular flexibility index (Phi) is 9.08. The van der Waals surface area contributed by atoms with Crippen molar-refractivity contribution in [3.8, 4) is 11.5 Å². The van der Waals surface area contributed by atoms with Gasteiger partial charge >= 0.3 is 0 Å². The van der Waals surface area contributed by atoms with Gasteiger partial charge in [0.05, 0.1) is 20.8 Å². The molecule has 2 atom stereocenters. The largest absolute Gasteiger partial charge is 0.497 e. The molecule has 3 aromatic rings. The molecule has 5 nitrogen and oxygen atoms in total. The van der Waals surface area contributed by atoms with Crippen molar-refractivity contribution in [1.29, 1.82) is 0 Å². The molecule has 0 aliphatic carbocycles. The van der Waals surface area contributed by atoms with Crippen molar-refractivity contribution < 1.29 is 52.0 Å². The Morgan fingerprint density at radius 2 is 1.27 bits per heavy atom. The fourth-order valence-corrected chi connectivity index (χ4v) is 4.57. The third-order valence-corrected chi connectivity index (χ3v) is 6.47. The number of ether oxygens (including phenoxy) is 3. The number of hydrogen-bond acceptors (Lipinski definition) is 5. The van der Waals surface area contributed by atoms with Crippen LogP contribution in [0.1, 0.15) is 29.5 Å². The number of likely N-dealkylation sites (N-methyl/N-ethyl adjacent to an activating group) is 1. The predicted octanol–water partition coefficient (Wildman–Crippen LogP) is 4.42. The minimum Gasteiger partial charge on any atom is -0.497 e. The summed E-state index contributed by atoms with van der Waals surface area (Å²) in [5.74, 6) is 1.59. The molecule has 1 heterocycles. The third-order valence-electron chi connectivity index (χ3n) is 6.47. The molecule has 6 heteroatoms. The molecular formula is C27H31NO4Y. The van der Waals surface area contributed by atoms with E-state index in [1.165, 1.54) is 0 Å². The van der Waals surface area contributed by atoms with Crippen LogP contribution in [-0.2, 0) is 43.0 Å². The Bertz CT molecular complexity index is 947. The molecule has 4 rings (SSSR count). The number of nitrogens with zero attached hydrogens (tertiary/aromatic N) is 1. The van der Waals surface area contributed by atoms with Crippen molar-refractivity contribution in [2.24, 2.45) is 0 Å². The first-order valence-corrected chi connectivity index (χ1v) is 11.0. The second-order valence-electron chi connectivity index (χ2n) is 8.16. The number of methoxy groups -OCH3 is 2. The second kappa shape index (κ2) is 11.6. The standard InChI is InChI=1S/C27H31NO4.Y/c1-28-23(19-29)13-18-26(28)32-27(20-7-5-4-6-8-20,21-9-14-24(30-2)15-10-21)22-11-16-25(31-3)17-12-22;/h4-12,14-17,23,26,29H,13,18-19H2,1-3H3;. The molecule has 0 spiro atoms. The van der Waals surface area contributed by atoms with Crippen LogP contribution in [-0.4, -0.2) is 50.2 Å². The summed E-state index contributed by atoms with van der Waals surface area (Å²) in [4.78, 5) is 2.14. The quantitative estimate of drug-likeness (QED) is 0.444.